The van der Waals surface area contributed by atoms with Gasteiger partial charge in [0.1, 0.15) is 46.7 Å². The number of urea groups is 1. The molecule has 0 saturated carbocycles. The molecule has 7 rings (SSSR count). The minimum Gasteiger partial charge on any atom is -0.744 e. The van der Waals surface area contributed by atoms with Crippen LogP contribution in [0.5, 0.6) is 11.5 Å². The van der Waals surface area contributed by atoms with Crippen LogP contribution >= 0.6 is 0 Å². The smallest absolute Gasteiger partial charge is 0.744 e. The van der Waals surface area contributed by atoms with Crippen LogP contribution in [0, 0.1) is 6.92 Å². The van der Waals surface area contributed by atoms with Crippen molar-refractivity contribution in [1.82, 2.24) is 0 Å². The molecule has 0 atom stereocenters. The van der Waals surface area contributed by atoms with E-state index in [0.29, 0.717) is 24.3 Å². The van der Waals surface area contributed by atoms with Crippen LogP contribution in [-0.4, -0.2) is 77.9 Å². The summed E-state index contributed by atoms with van der Waals surface area (Å²) in [4.78, 5) is 34.8. The van der Waals surface area contributed by atoms with E-state index in [2.05, 4.69) is 31.4 Å². The summed E-state index contributed by atoms with van der Waals surface area (Å²) in [5.74, 6) is -3.48. The molecule has 0 spiro atoms. The topological polar surface area (TPSA) is 372 Å². The third kappa shape index (κ3) is 14.9. The number of anilines is 3. The molecule has 0 bridgehead atoms. The molecule has 6 aromatic rings. The summed E-state index contributed by atoms with van der Waals surface area (Å²) < 4.78 is 147. The zero-order valence-corrected chi connectivity index (χ0v) is 50.2. The zero-order chi connectivity index (χ0) is 50.2. The number of carboxylic acids is 1. The Morgan fingerprint density at radius 1 is 0.630 bits per heavy atom. The fraction of sp³-hybridized carbons (Fsp3) is 0.0476. The van der Waals surface area contributed by atoms with Gasteiger partial charge in [-0.05, 0) is 90.2 Å². The van der Waals surface area contributed by atoms with Gasteiger partial charge in [0.05, 0.1) is 55.9 Å². The fourth-order valence-electron chi connectivity index (χ4n) is 6.62. The normalized spacial score (nSPS) is 13.0. The summed E-state index contributed by atoms with van der Waals surface area (Å²) in [5.41, 5.74) is 0.382. The Labute approximate surface area is 504 Å². The van der Waals surface area contributed by atoms with Crippen LogP contribution in [-0.2, 0) is 40.5 Å². The van der Waals surface area contributed by atoms with Crippen LogP contribution in [0.15, 0.2) is 144 Å². The molecular weight excluding hydrogens is 1080 g/mol. The number of nitrogens with zero attached hydrogens (tertiary/aromatic N) is 3. The number of azo groups is 1. The Hall–Kier alpha value is -3.92. The van der Waals surface area contributed by atoms with E-state index in [9.17, 15) is 66.8 Å². The first-order valence-corrected chi connectivity index (χ1v) is 24.7. The van der Waals surface area contributed by atoms with Crippen molar-refractivity contribution in [2.24, 2.45) is 15.3 Å². The van der Waals surface area contributed by atoms with Gasteiger partial charge < -0.3 is 43.1 Å². The van der Waals surface area contributed by atoms with Gasteiger partial charge in [0, 0.05) is 28.9 Å². The third-order valence-electron chi connectivity index (χ3n) is 9.77. The van der Waals surface area contributed by atoms with Crippen molar-refractivity contribution < 1.29 is 194 Å². The number of ketones is 1. The molecule has 0 unspecified atom stereocenters. The number of hydrogen-bond acceptors (Lipinski definition) is 21. The average molecular weight is 1110 g/mol. The standard InChI is InChI=1S/C42H32N6O17S4.4Na/c1-22-14-33(44-42(52)43-25-12-13-29-23(15-25)18-37(68(59,60)61)39(40(29)49)48-45-31-11-7-6-10-30(31)41(50)51)35(64-2)21-32(22)46-47-34-19-27(66(53,54)55)16-24-17-28(67(56,57)58)20-36(38(24)34)65-69(62,63)26-8-4-3-5-9-26;;;;/h3-21,45H,1-2H3,(H,50,51)(H2,43,44,52)(H,53,54,55)(H,56,57,58)(H,59,60,61);;;;/q;4*+1/p-4/b47-46?,48-39-;;;;. The van der Waals surface area contributed by atoms with Gasteiger partial charge in [0.15, 0.2) is 5.75 Å². The largest absolute Gasteiger partial charge is 1.00 e. The quantitative estimate of drug-likeness (QED) is 0.0300. The van der Waals surface area contributed by atoms with Crippen LogP contribution in [0.4, 0.5) is 33.2 Å². The van der Waals surface area contributed by atoms with Crippen LogP contribution in [0.2, 0.25) is 0 Å². The number of carbonyl (C=O) groups excluding carboxylic acids is 3. The van der Waals surface area contributed by atoms with Crippen LogP contribution < -0.4 is 148 Å². The van der Waals surface area contributed by atoms with Gasteiger partial charge in [-0.2, -0.15) is 18.6 Å². The number of para-hydroxylation sites is 1. The minimum absolute atomic E-state index is 0. The number of aryl methyl sites for hydroxylation is 1. The number of hydrazone groups is 1. The summed E-state index contributed by atoms with van der Waals surface area (Å²) in [6.45, 7) is 1.49. The first-order valence-electron chi connectivity index (χ1n) is 19.1. The molecule has 23 nitrogen and oxygen atoms in total. The molecule has 0 aromatic heterocycles. The van der Waals surface area contributed by atoms with Crippen LogP contribution in [0.1, 0.15) is 31.8 Å². The molecule has 0 fully saturated rings. The van der Waals surface area contributed by atoms with Crippen molar-refractivity contribution in [2.45, 2.75) is 21.6 Å². The maximum Gasteiger partial charge on any atom is 1.00 e. The minimum atomic E-state index is -5.37. The van der Waals surface area contributed by atoms with E-state index in [1.807, 2.05) is 0 Å². The molecule has 6 aromatic carbocycles. The van der Waals surface area contributed by atoms with Gasteiger partial charge in [0.2, 0.25) is 5.78 Å². The number of rotatable bonds is 14. The molecule has 356 valence electrons. The molecule has 31 heteroatoms. The van der Waals surface area contributed by atoms with Gasteiger partial charge in [-0.25, -0.2) is 30.0 Å². The van der Waals surface area contributed by atoms with E-state index in [1.54, 1.807) is 0 Å². The van der Waals surface area contributed by atoms with Gasteiger partial charge >= 0.3 is 134 Å². The van der Waals surface area contributed by atoms with Crippen molar-refractivity contribution in [1.29, 1.82) is 0 Å². The monoisotopic (exact) mass is 1110 g/mol. The Morgan fingerprint density at radius 3 is 1.84 bits per heavy atom. The van der Waals surface area contributed by atoms with E-state index in [0.717, 1.165) is 24.3 Å². The number of carboxylic acid groups (broad SMARTS) is 1. The van der Waals surface area contributed by atoms with Crippen molar-refractivity contribution in [3.05, 3.63) is 136 Å². The number of fused-ring (bicyclic) bond motifs is 2. The maximum atomic E-state index is 13.5. The predicted molar refractivity (Wildman–Crippen MR) is 239 cm³/mol. The van der Waals surface area contributed by atoms with Crippen molar-refractivity contribution in [3.8, 4) is 11.5 Å². The molecule has 0 radical (unpaired) electrons. The predicted octanol–water partition coefficient (Wildman–Crippen LogP) is -7.28. The van der Waals surface area contributed by atoms with Crippen LogP contribution in [0.3, 0.4) is 0 Å². The first-order chi connectivity index (χ1) is 32.3. The first kappa shape index (κ1) is 63.4. The number of hydrogen-bond donors (Lipinski definition) is 3. The van der Waals surface area contributed by atoms with E-state index in [4.69, 9.17) is 8.92 Å². The molecule has 0 saturated heterocycles. The van der Waals surface area contributed by atoms with E-state index < -0.39 is 95.5 Å². The van der Waals surface area contributed by atoms with Crippen LogP contribution in [0.25, 0.3) is 16.8 Å². The maximum absolute atomic E-state index is 13.5. The number of amides is 2. The number of benzene rings is 6. The molecule has 2 amide bonds. The molecule has 1 aliphatic rings. The molecule has 73 heavy (non-hydrogen) atoms. The summed E-state index contributed by atoms with van der Waals surface area (Å²) >= 11 is 0. The van der Waals surface area contributed by atoms with Crippen molar-refractivity contribution in [2.75, 3.05) is 23.2 Å². The van der Waals surface area contributed by atoms with Gasteiger partial charge in [0.25, 0.3) is 0 Å². The summed E-state index contributed by atoms with van der Waals surface area (Å²) in [6, 6.07) is 19.8. The Morgan fingerprint density at radius 2 is 1.23 bits per heavy atom. The number of nitrogens with one attached hydrogen (secondary N) is 3. The number of ether oxygens (including phenoxy) is 1. The second-order valence-corrected chi connectivity index (χ2v) is 20.0. The number of carbonyl (C=O) groups is 3. The second-order valence-electron chi connectivity index (χ2n) is 14.3. The molecule has 3 N–H and O–H groups in total. The van der Waals surface area contributed by atoms with Gasteiger partial charge in [-0.1, -0.05) is 36.4 Å². The van der Waals surface area contributed by atoms with Crippen molar-refractivity contribution in [3.63, 3.8) is 0 Å². The summed E-state index contributed by atoms with van der Waals surface area (Å²) in [7, 11) is -19.6. The molecule has 1 aliphatic carbocycles. The Balaban J connectivity index is 0.00000352. The number of methoxy groups -OCH3 is 1. The average Bonchev–Trinajstić information content (AvgIpc) is 3.27. The number of allylic oxidation sites excluding steroid dienone is 1. The Kier molecular flexibility index (Phi) is 21.9. The van der Waals surface area contributed by atoms with Gasteiger partial charge in [-0.15, -0.1) is 5.11 Å². The van der Waals surface area contributed by atoms with E-state index >= 15 is 0 Å². The summed E-state index contributed by atoms with van der Waals surface area (Å²) in [5, 5.41) is 27.6. The zero-order valence-electron chi connectivity index (χ0n) is 38.9. The molecular formula is C42H28N6Na4O17S4. The van der Waals surface area contributed by atoms with Gasteiger partial charge in [-0.3, -0.25) is 10.2 Å². The van der Waals surface area contributed by atoms with E-state index in [1.165, 1.54) is 80.8 Å². The third-order valence-corrected chi connectivity index (χ3v) is 13.5. The van der Waals surface area contributed by atoms with E-state index in [-0.39, 0.29) is 179 Å². The summed E-state index contributed by atoms with van der Waals surface area (Å²) in [6.07, 6.45) is 0.848. The molecule has 0 aliphatic heterocycles. The Bertz CT molecular complexity index is 3750. The SMILES string of the molecule is COc1cc(N=Nc2cc(S(=O)(=O)[O-])cc3cc(S(=O)(=O)[O-])cc(OS(=O)(=O)c4ccccc4)c23)c(C)cc1NC(=O)Nc1ccc2c(c1)C=C(S(=O)(=O)[O-])/C(=N/Nc1ccccc1C(=O)[O-])C2=O.[Na+].[Na+].[Na+].[Na+]. The second kappa shape index (κ2) is 25.3. The molecule has 0 heterocycles. The number of aromatic carboxylic acids is 1. The number of Topliss-reactive ketones (excluding diaryl/α,β-unsaturated/α-hetero) is 1. The van der Waals surface area contributed by atoms with Crippen molar-refractivity contribution >= 4 is 109 Å². The fourth-order valence-corrected chi connectivity index (χ4v) is 9.27.